The number of fused-ring (bicyclic) bond motifs is 1. The summed E-state index contributed by atoms with van der Waals surface area (Å²) in [7, 11) is 0. The van der Waals surface area contributed by atoms with Crippen molar-refractivity contribution in [3.8, 4) is 0 Å². The normalized spacial score (nSPS) is 47.2. The molecular weight excluding hydrogens is 150 g/mol. The van der Waals surface area contributed by atoms with Crippen molar-refractivity contribution in [3.63, 3.8) is 0 Å². The Morgan fingerprint density at radius 3 is 2.75 bits per heavy atom. The highest BCUT2D eigenvalue weighted by molar-refractivity contribution is 5.09. The van der Waals surface area contributed by atoms with Crippen molar-refractivity contribution in [3.05, 3.63) is 0 Å². The van der Waals surface area contributed by atoms with E-state index < -0.39 is 0 Å². The molecule has 0 aromatic heterocycles. The smallest absolute Gasteiger partial charge is 0.0437 e. The van der Waals surface area contributed by atoms with Gasteiger partial charge >= 0.3 is 0 Å². The molecule has 70 valence electrons. The first kappa shape index (κ1) is 8.52. The summed E-state index contributed by atoms with van der Waals surface area (Å²) in [6.07, 6.45) is 4.90. The van der Waals surface area contributed by atoms with Crippen LogP contribution in [0, 0.1) is 17.3 Å². The van der Waals surface area contributed by atoms with Gasteiger partial charge in [-0.15, -0.1) is 0 Å². The topological polar surface area (TPSA) is 46.2 Å². The molecule has 12 heavy (non-hydrogen) atoms. The quantitative estimate of drug-likeness (QED) is 0.665. The van der Waals surface area contributed by atoms with Crippen LogP contribution >= 0.6 is 0 Å². The van der Waals surface area contributed by atoms with Crippen LogP contribution in [0.25, 0.3) is 0 Å². The number of aliphatic hydroxyl groups excluding tert-OH is 1. The monoisotopic (exact) mass is 169 g/mol. The summed E-state index contributed by atoms with van der Waals surface area (Å²) in [4.78, 5) is 0. The second-order valence-electron chi connectivity index (χ2n) is 4.64. The molecule has 3 N–H and O–H groups in total. The van der Waals surface area contributed by atoms with Gasteiger partial charge in [0, 0.05) is 12.6 Å². The zero-order valence-electron chi connectivity index (χ0n) is 7.79. The maximum absolute atomic E-state index is 9.02. The highest BCUT2D eigenvalue weighted by Crippen LogP contribution is 2.64. The standard InChI is InChI=1S/C10H19NO/c1-7(11)10(4-5-12)3-2-8-6-9(8)10/h7-9,12H,2-6,11H2,1H3. The summed E-state index contributed by atoms with van der Waals surface area (Å²) >= 11 is 0. The van der Waals surface area contributed by atoms with Crippen molar-refractivity contribution in [1.29, 1.82) is 0 Å². The molecule has 2 aliphatic carbocycles. The largest absolute Gasteiger partial charge is 0.396 e. The molecule has 0 aliphatic heterocycles. The lowest BCUT2D eigenvalue weighted by molar-refractivity contribution is 0.135. The minimum absolute atomic E-state index is 0.266. The molecule has 2 nitrogen and oxygen atoms in total. The molecule has 0 spiro atoms. The van der Waals surface area contributed by atoms with Gasteiger partial charge in [0.15, 0.2) is 0 Å². The van der Waals surface area contributed by atoms with Gasteiger partial charge in [0.25, 0.3) is 0 Å². The van der Waals surface area contributed by atoms with Gasteiger partial charge in [-0.05, 0) is 49.9 Å². The molecule has 0 radical (unpaired) electrons. The lowest BCUT2D eigenvalue weighted by Gasteiger charge is -2.34. The zero-order valence-corrected chi connectivity index (χ0v) is 7.79. The zero-order chi connectivity index (χ0) is 8.77. The van der Waals surface area contributed by atoms with Crippen molar-refractivity contribution in [2.24, 2.45) is 23.0 Å². The van der Waals surface area contributed by atoms with Gasteiger partial charge in [0.05, 0.1) is 0 Å². The first-order chi connectivity index (χ1) is 5.70. The van der Waals surface area contributed by atoms with Gasteiger partial charge in [-0.25, -0.2) is 0 Å². The van der Waals surface area contributed by atoms with Gasteiger partial charge < -0.3 is 10.8 Å². The van der Waals surface area contributed by atoms with Crippen LogP contribution in [0.2, 0.25) is 0 Å². The van der Waals surface area contributed by atoms with Gasteiger partial charge in [0.2, 0.25) is 0 Å². The number of hydrogen-bond acceptors (Lipinski definition) is 2. The van der Waals surface area contributed by atoms with E-state index in [9.17, 15) is 0 Å². The fourth-order valence-corrected chi connectivity index (χ4v) is 3.22. The summed E-state index contributed by atoms with van der Waals surface area (Å²) in [5, 5.41) is 9.02. The summed E-state index contributed by atoms with van der Waals surface area (Å²) in [6, 6.07) is 0.266. The average Bonchev–Trinajstić information content (AvgIpc) is 2.71. The van der Waals surface area contributed by atoms with Gasteiger partial charge in [-0.1, -0.05) is 0 Å². The number of nitrogens with two attached hydrogens (primary N) is 1. The Balaban J connectivity index is 2.11. The Labute approximate surface area is 74.1 Å². The first-order valence-electron chi connectivity index (χ1n) is 5.07. The number of hydrogen-bond donors (Lipinski definition) is 2. The molecular formula is C10H19NO. The number of aliphatic hydroxyl groups is 1. The summed E-state index contributed by atoms with van der Waals surface area (Å²) in [5.41, 5.74) is 6.33. The Kier molecular flexibility index (Phi) is 1.92. The van der Waals surface area contributed by atoms with Crippen molar-refractivity contribution < 1.29 is 5.11 Å². The third-order valence-electron chi connectivity index (χ3n) is 4.13. The van der Waals surface area contributed by atoms with E-state index in [2.05, 4.69) is 6.92 Å². The van der Waals surface area contributed by atoms with Crippen molar-refractivity contribution >= 4 is 0 Å². The lowest BCUT2D eigenvalue weighted by Crippen LogP contribution is -2.40. The predicted molar refractivity (Wildman–Crippen MR) is 48.6 cm³/mol. The molecule has 2 saturated carbocycles. The molecule has 0 aromatic carbocycles. The fraction of sp³-hybridized carbons (Fsp3) is 1.00. The molecule has 2 heteroatoms. The molecule has 2 aliphatic rings. The Bertz CT molecular complexity index is 181. The molecule has 4 unspecified atom stereocenters. The van der Waals surface area contributed by atoms with Gasteiger partial charge in [-0.3, -0.25) is 0 Å². The van der Waals surface area contributed by atoms with E-state index in [1.165, 1.54) is 19.3 Å². The third-order valence-corrected chi connectivity index (χ3v) is 4.13. The van der Waals surface area contributed by atoms with E-state index >= 15 is 0 Å². The summed E-state index contributed by atoms with van der Waals surface area (Å²) in [5.74, 6) is 1.81. The fourth-order valence-electron chi connectivity index (χ4n) is 3.22. The average molecular weight is 169 g/mol. The van der Waals surface area contributed by atoms with Crippen LogP contribution in [0.3, 0.4) is 0 Å². The lowest BCUT2D eigenvalue weighted by atomic mass is 9.74. The van der Waals surface area contributed by atoms with Crippen molar-refractivity contribution in [1.82, 2.24) is 0 Å². The molecule has 0 heterocycles. The van der Waals surface area contributed by atoms with Crippen LogP contribution in [0.5, 0.6) is 0 Å². The Morgan fingerprint density at radius 1 is 1.67 bits per heavy atom. The first-order valence-corrected chi connectivity index (χ1v) is 5.07. The maximum atomic E-state index is 9.02. The van der Waals surface area contributed by atoms with Crippen LogP contribution in [0.4, 0.5) is 0 Å². The van der Waals surface area contributed by atoms with Crippen molar-refractivity contribution in [2.75, 3.05) is 6.61 Å². The van der Waals surface area contributed by atoms with Gasteiger partial charge in [0.1, 0.15) is 0 Å². The van der Waals surface area contributed by atoms with Crippen LogP contribution in [-0.2, 0) is 0 Å². The summed E-state index contributed by atoms with van der Waals surface area (Å²) < 4.78 is 0. The van der Waals surface area contributed by atoms with Crippen LogP contribution in [0.1, 0.15) is 32.6 Å². The van der Waals surface area contributed by atoms with Crippen LogP contribution < -0.4 is 5.73 Å². The Morgan fingerprint density at radius 2 is 2.42 bits per heavy atom. The van der Waals surface area contributed by atoms with E-state index in [0.29, 0.717) is 12.0 Å². The highest BCUT2D eigenvalue weighted by atomic mass is 16.3. The van der Waals surface area contributed by atoms with E-state index in [1.54, 1.807) is 0 Å². The molecule has 4 atom stereocenters. The van der Waals surface area contributed by atoms with Crippen LogP contribution in [0.15, 0.2) is 0 Å². The molecule has 2 fully saturated rings. The SMILES string of the molecule is CC(N)C1(CCO)CCC2CC21. The predicted octanol–water partition coefficient (Wildman–Crippen LogP) is 1.13. The summed E-state index contributed by atoms with van der Waals surface area (Å²) in [6.45, 7) is 2.42. The van der Waals surface area contributed by atoms with E-state index in [1.807, 2.05) is 0 Å². The third kappa shape index (κ3) is 1.01. The second kappa shape index (κ2) is 2.71. The molecule has 0 saturated heterocycles. The van der Waals surface area contributed by atoms with E-state index in [4.69, 9.17) is 10.8 Å². The second-order valence-corrected chi connectivity index (χ2v) is 4.64. The maximum Gasteiger partial charge on any atom is 0.0437 e. The molecule has 2 rings (SSSR count). The van der Waals surface area contributed by atoms with E-state index in [-0.39, 0.29) is 6.04 Å². The van der Waals surface area contributed by atoms with Crippen LogP contribution in [-0.4, -0.2) is 17.8 Å². The van der Waals surface area contributed by atoms with Gasteiger partial charge in [-0.2, -0.15) is 0 Å². The minimum Gasteiger partial charge on any atom is -0.396 e. The molecule has 0 amide bonds. The molecule has 0 aromatic rings. The Hall–Kier alpha value is -0.0800. The van der Waals surface area contributed by atoms with E-state index in [0.717, 1.165) is 18.3 Å². The van der Waals surface area contributed by atoms with Crippen molar-refractivity contribution in [2.45, 2.75) is 38.6 Å². The number of rotatable bonds is 3. The highest BCUT2D eigenvalue weighted by Gasteiger charge is 2.58. The molecule has 0 bridgehead atoms. The minimum atomic E-state index is 0.266.